The summed E-state index contributed by atoms with van der Waals surface area (Å²) in [6.07, 6.45) is 7.35. The molecule has 0 aromatic carbocycles. The van der Waals surface area contributed by atoms with Gasteiger partial charge in [0, 0.05) is 24.8 Å². The van der Waals surface area contributed by atoms with Crippen molar-refractivity contribution < 1.29 is 0 Å². The minimum atomic E-state index is 0.174. The molecule has 2 rings (SSSR count). The van der Waals surface area contributed by atoms with Crippen molar-refractivity contribution >= 4 is 0 Å². The smallest absolute Gasteiger partial charge is 0.0607 e. The Morgan fingerprint density at radius 3 is 2.00 bits per heavy atom. The van der Waals surface area contributed by atoms with Crippen LogP contribution >= 0.6 is 0 Å². The maximum Gasteiger partial charge on any atom is 0.0607 e. The first-order valence-electron chi connectivity index (χ1n) is 5.45. The summed E-state index contributed by atoms with van der Waals surface area (Å²) in [4.78, 5) is 8.31. The molecule has 0 unspecified atom stereocenters. The van der Waals surface area contributed by atoms with E-state index < -0.39 is 0 Å². The molecule has 16 heavy (non-hydrogen) atoms. The first kappa shape index (κ1) is 10.8. The second-order valence-electron chi connectivity index (χ2n) is 3.56. The zero-order chi connectivity index (χ0) is 11.2. The van der Waals surface area contributed by atoms with Crippen LogP contribution in [0, 0.1) is 0 Å². The van der Waals surface area contributed by atoms with Crippen LogP contribution in [0.4, 0.5) is 0 Å². The fraction of sp³-hybridized carbons (Fsp3) is 0.231. The molecule has 3 nitrogen and oxygen atoms in total. The molecule has 0 saturated carbocycles. The monoisotopic (exact) mass is 213 g/mol. The molecule has 2 aromatic rings. The summed E-state index contributed by atoms with van der Waals surface area (Å²) in [6, 6.07) is 8.24. The second-order valence-corrected chi connectivity index (χ2v) is 3.56. The highest BCUT2D eigenvalue weighted by molar-refractivity contribution is 5.27. The highest BCUT2D eigenvalue weighted by atomic mass is 14.9. The molecule has 0 radical (unpaired) electrons. The van der Waals surface area contributed by atoms with Gasteiger partial charge in [0.2, 0.25) is 0 Å². The zero-order valence-corrected chi connectivity index (χ0v) is 9.30. The lowest BCUT2D eigenvalue weighted by molar-refractivity contribution is 0.626. The third-order valence-corrected chi connectivity index (χ3v) is 2.44. The van der Waals surface area contributed by atoms with Crippen molar-refractivity contribution in [2.75, 3.05) is 6.54 Å². The minimum Gasteiger partial charge on any atom is -0.306 e. The van der Waals surface area contributed by atoms with Gasteiger partial charge in [-0.15, -0.1) is 0 Å². The van der Waals surface area contributed by atoms with Crippen molar-refractivity contribution in [3.63, 3.8) is 0 Å². The lowest BCUT2D eigenvalue weighted by Gasteiger charge is -2.17. The molecule has 0 bridgehead atoms. The van der Waals surface area contributed by atoms with Gasteiger partial charge in [-0.25, -0.2) is 0 Å². The summed E-state index contributed by atoms with van der Waals surface area (Å²) in [5.41, 5.74) is 2.33. The predicted molar refractivity (Wildman–Crippen MR) is 64.0 cm³/mol. The summed E-state index contributed by atoms with van der Waals surface area (Å²) in [6.45, 7) is 3.01. The van der Waals surface area contributed by atoms with Gasteiger partial charge in [-0.05, 0) is 29.8 Å². The summed E-state index contributed by atoms with van der Waals surface area (Å²) < 4.78 is 0. The summed E-state index contributed by atoms with van der Waals surface area (Å²) >= 11 is 0. The highest BCUT2D eigenvalue weighted by Crippen LogP contribution is 2.19. The highest BCUT2D eigenvalue weighted by Gasteiger charge is 2.12. The molecule has 3 heteroatoms. The van der Waals surface area contributed by atoms with Gasteiger partial charge in [-0.1, -0.05) is 19.1 Å². The normalized spacial score (nSPS) is 10.6. The van der Waals surface area contributed by atoms with Crippen LogP contribution in [0.5, 0.6) is 0 Å². The molecule has 0 aliphatic carbocycles. The zero-order valence-electron chi connectivity index (χ0n) is 9.30. The van der Waals surface area contributed by atoms with Crippen molar-refractivity contribution in [1.82, 2.24) is 15.3 Å². The first-order chi connectivity index (χ1) is 7.92. The third-order valence-electron chi connectivity index (χ3n) is 2.44. The Bertz CT molecular complexity index is 374. The van der Waals surface area contributed by atoms with Crippen LogP contribution in [0.3, 0.4) is 0 Å². The van der Waals surface area contributed by atoms with Gasteiger partial charge in [0.05, 0.1) is 6.04 Å². The molecule has 2 heterocycles. The fourth-order valence-electron chi connectivity index (χ4n) is 1.73. The van der Waals surface area contributed by atoms with Gasteiger partial charge < -0.3 is 5.32 Å². The molecule has 2 aromatic heterocycles. The number of rotatable bonds is 4. The Kier molecular flexibility index (Phi) is 3.62. The molecule has 0 aliphatic heterocycles. The van der Waals surface area contributed by atoms with Crippen LogP contribution in [-0.4, -0.2) is 16.5 Å². The summed E-state index contributed by atoms with van der Waals surface area (Å²) in [7, 11) is 0. The third kappa shape index (κ3) is 2.44. The number of nitrogens with one attached hydrogen (secondary N) is 1. The van der Waals surface area contributed by atoms with Gasteiger partial charge in [0.25, 0.3) is 0 Å². The average molecular weight is 213 g/mol. The van der Waals surface area contributed by atoms with E-state index in [2.05, 4.69) is 34.3 Å². The van der Waals surface area contributed by atoms with E-state index in [0.717, 1.165) is 17.7 Å². The minimum absolute atomic E-state index is 0.174. The Balaban J connectivity index is 2.31. The maximum atomic E-state index is 4.15. The predicted octanol–water partition coefficient (Wildman–Crippen LogP) is 2.18. The molecule has 0 atom stereocenters. The second kappa shape index (κ2) is 5.37. The van der Waals surface area contributed by atoms with Gasteiger partial charge in [-0.3, -0.25) is 9.97 Å². The Morgan fingerprint density at radius 1 is 1.06 bits per heavy atom. The summed E-state index contributed by atoms with van der Waals surface area (Å²) in [5, 5.41) is 3.44. The Morgan fingerprint density at radius 2 is 1.62 bits per heavy atom. The first-order valence-corrected chi connectivity index (χ1v) is 5.45. The molecule has 1 N–H and O–H groups in total. The van der Waals surface area contributed by atoms with Gasteiger partial charge in [-0.2, -0.15) is 0 Å². The van der Waals surface area contributed by atoms with Gasteiger partial charge >= 0.3 is 0 Å². The quantitative estimate of drug-likeness (QED) is 0.845. The lowest BCUT2D eigenvalue weighted by atomic mass is 10.0. The van der Waals surface area contributed by atoms with Crippen molar-refractivity contribution in [3.05, 3.63) is 60.2 Å². The van der Waals surface area contributed by atoms with Crippen LogP contribution in [0.2, 0.25) is 0 Å². The molecular weight excluding hydrogens is 198 g/mol. The van der Waals surface area contributed by atoms with Crippen LogP contribution in [0.25, 0.3) is 0 Å². The van der Waals surface area contributed by atoms with Crippen LogP contribution in [0.15, 0.2) is 49.1 Å². The van der Waals surface area contributed by atoms with Crippen LogP contribution < -0.4 is 5.32 Å². The van der Waals surface area contributed by atoms with E-state index in [1.165, 1.54) is 0 Å². The van der Waals surface area contributed by atoms with Gasteiger partial charge in [0.15, 0.2) is 0 Å². The summed E-state index contributed by atoms with van der Waals surface area (Å²) in [5.74, 6) is 0. The number of aromatic nitrogens is 2. The van der Waals surface area contributed by atoms with E-state index in [1.807, 2.05) is 24.5 Å². The molecule has 0 spiro atoms. The lowest BCUT2D eigenvalue weighted by Crippen LogP contribution is -2.22. The fourth-order valence-corrected chi connectivity index (χ4v) is 1.73. The topological polar surface area (TPSA) is 37.8 Å². The Labute approximate surface area is 95.6 Å². The van der Waals surface area contributed by atoms with E-state index in [4.69, 9.17) is 0 Å². The molecule has 82 valence electrons. The Hall–Kier alpha value is -1.74. The number of pyridine rings is 2. The van der Waals surface area contributed by atoms with E-state index in [1.54, 1.807) is 12.4 Å². The van der Waals surface area contributed by atoms with E-state index >= 15 is 0 Å². The number of nitrogens with zero attached hydrogens (tertiary/aromatic N) is 2. The maximum absolute atomic E-state index is 4.15. The van der Waals surface area contributed by atoms with Crippen molar-refractivity contribution in [2.45, 2.75) is 13.0 Å². The standard InChI is InChI=1S/C13H15N3/c1-2-16-13(11-5-3-7-14-9-11)12-6-4-8-15-10-12/h3-10,13,16H,2H2,1H3. The molecule has 0 amide bonds. The molecule has 0 saturated heterocycles. The van der Waals surface area contributed by atoms with Gasteiger partial charge in [0.1, 0.15) is 0 Å². The van der Waals surface area contributed by atoms with E-state index in [-0.39, 0.29) is 6.04 Å². The molecular formula is C13H15N3. The molecule has 0 aliphatic rings. The van der Waals surface area contributed by atoms with Crippen molar-refractivity contribution in [2.24, 2.45) is 0 Å². The van der Waals surface area contributed by atoms with Crippen LogP contribution in [-0.2, 0) is 0 Å². The average Bonchev–Trinajstić information content (AvgIpc) is 2.38. The van der Waals surface area contributed by atoms with Crippen molar-refractivity contribution in [1.29, 1.82) is 0 Å². The largest absolute Gasteiger partial charge is 0.306 e. The SMILES string of the molecule is CCNC(c1cccnc1)c1cccnc1. The molecule has 0 fully saturated rings. The van der Waals surface area contributed by atoms with Crippen molar-refractivity contribution in [3.8, 4) is 0 Å². The van der Waals surface area contributed by atoms with Crippen LogP contribution in [0.1, 0.15) is 24.1 Å². The van der Waals surface area contributed by atoms with E-state index in [9.17, 15) is 0 Å². The number of hydrogen-bond acceptors (Lipinski definition) is 3. The van der Waals surface area contributed by atoms with E-state index in [0.29, 0.717) is 0 Å². The number of hydrogen-bond donors (Lipinski definition) is 1.